The second-order valence-corrected chi connectivity index (χ2v) is 13.4. The number of rotatable bonds is 30. The number of unbranched alkanes of at least 4 members (excludes halogenated alkanes) is 21. The molecule has 0 aromatic rings. The van der Waals surface area contributed by atoms with E-state index in [1.54, 1.807) is 0 Å². The van der Waals surface area contributed by atoms with Crippen molar-refractivity contribution >= 4 is 21.4 Å². The van der Waals surface area contributed by atoms with Crippen LogP contribution in [0.25, 0.3) is 0 Å². The summed E-state index contributed by atoms with van der Waals surface area (Å²) in [5.41, 5.74) is 0. The molecule has 0 spiro atoms. The van der Waals surface area contributed by atoms with Crippen LogP contribution in [0.2, 0.25) is 6.04 Å². The first kappa shape index (κ1) is 35.4. The van der Waals surface area contributed by atoms with Gasteiger partial charge in [-0.3, -0.25) is 0 Å². The van der Waals surface area contributed by atoms with Crippen LogP contribution in [-0.4, -0.2) is 34.4 Å². The van der Waals surface area contributed by atoms with Crippen LogP contribution in [0.15, 0.2) is 0 Å². The Labute approximate surface area is 228 Å². The Kier molecular flexibility index (Phi) is 29.4. The predicted octanol–water partition coefficient (Wildman–Crippen LogP) is 10.5. The van der Waals surface area contributed by atoms with Gasteiger partial charge in [0.15, 0.2) is 0 Å². The molecule has 0 fully saturated rings. The molecule has 0 aromatic heterocycles. The summed E-state index contributed by atoms with van der Waals surface area (Å²) in [7, 11) is -2.41. The maximum atomic E-state index is 5.95. The highest BCUT2D eigenvalue weighted by atomic mass is 32.1. The molecule has 212 valence electrons. The lowest BCUT2D eigenvalue weighted by Crippen LogP contribution is -2.45. The van der Waals surface area contributed by atoms with Crippen molar-refractivity contribution in [2.45, 2.75) is 168 Å². The fourth-order valence-corrected chi connectivity index (χ4v) is 7.90. The molecule has 0 bridgehead atoms. The molecule has 0 unspecified atom stereocenters. The summed E-state index contributed by atoms with van der Waals surface area (Å²) < 4.78 is 17.9. The molecule has 0 aliphatic carbocycles. The molecule has 5 heteroatoms. The smallest absolute Gasteiger partial charge is 0.374 e. The Morgan fingerprint density at radius 3 is 0.829 bits per heavy atom. The van der Waals surface area contributed by atoms with Gasteiger partial charge in [0.1, 0.15) is 0 Å². The molecule has 0 N–H and O–H groups in total. The van der Waals surface area contributed by atoms with E-state index in [9.17, 15) is 0 Å². The first-order valence-corrected chi connectivity index (χ1v) is 18.3. The summed E-state index contributed by atoms with van der Waals surface area (Å²) >= 11 is 4.28. The van der Waals surface area contributed by atoms with Gasteiger partial charge in [-0.1, -0.05) is 128 Å². The van der Waals surface area contributed by atoms with E-state index in [2.05, 4.69) is 12.6 Å². The van der Waals surface area contributed by atoms with E-state index in [0.29, 0.717) is 19.8 Å². The zero-order valence-electron chi connectivity index (χ0n) is 24.3. The van der Waals surface area contributed by atoms with Crippen LogP contribution < -0.4 is 0 Å². The summed E-state index contributed by atoms with van der Waals surface area (Å²) in [5, 5.41) is 0. The van der Waals surface area contributed by atoms with Crippen molar-refractivity contribution in [1.82, 2.24) is 0 Å². The maximum Gasteiger partial charge on any atom is 0.500 e. The largest absolute Gasteiger partial charge is 0.500 e. The minimum Gasteiger partial charge on any atom is -0.374 e. The Balaban J connectivity index is 3.32. The first-order chi connectivity index (χ1) is 17.2. The van der Waals surface area contributed by atoms with Crippen LogP contribution in [-0.2, 0) is 13.3 Å². The standard InChI is InChI=1S/C30H64O3SSi/c1-4-31-35(32-5-2,33-6-3)30-28-26-24-22-20-18-16-14-12-10-8-7-9-11-13-15-17-19-21-23-25-27-29-34/h34H,4-30H2,1-3H3. The molecule has 0 aliphatic heterocycles. The van der Waals surface area contributed by atoms with E-state index in [1.807, 2.05) is 20.8 Å². The van der Waals surface area contributed by atoms with Crippen LogP contribution in [0.4, 0.5) is 0 Å². The molecular weight excluding hydrogens is 468 g/mol. The summed E-state index contributed by atoms with van der Waals surface area (Å²) in [6.07, 6.45) is 31.0. The molecule has 0 heterocycles. The molecule has 0 radical (unpaired) electrons. The third-order valence-corrected chi connectivity index (χ3v) is 10.5. The molecule has 35 heavy (non-hydrogen) atoms. The maximum absolute atomic E-state index is 5.95. The summed E-state index contributed by atoms with van der Waals surface area (Å²) in [6, 6.07) is 0.972. The average Bonchev–Trinajstić information content (AvgIpc) is 2.85. The SMILES string of the molecule is CCO[Si](CCCCCCCCCCCCCCCCCCCCCCCCS)(OCC)OCC. The van der Waals surface area contributed by atoms with Gasteiger partial charge in [0.2, 0.25) is 0 Å². The number of hydrogen-bond acceptors (Lipinski definition) is 4. The number of thiol groups is 1. The predicted molar refractivity (Wildman–Crippen MR) is 161 cm³/mol. The first-order valence-electron chi connectivity index (χ1n) is 15.8. The van der Waals surface area contributed by atoms with Crippen LogP contribution >= 0.6 is 12.6 Å². The molecular formula is C30H64O3SSi. The molecule has 0 saturated carbocycles. The molecule has 0 rings (SSSR count). The Bertz CT molecular complexity index is 381. The second kappa shape index (κ2) is 29.0. The summed E-state index contributed by atoms with van der Waals surface area (Å²) in [4.78, 5) is 0. The third-order valence-electron chi connectivity index (χ3n) is 6.98. The highest BCUT2D eigenvalue weighted by Crippen LogP contribution is 2.21. The number of hydrogen-bond donors (Lipinski definition) is 1. The van der Waals surface area contributed by atoms with Crippen molar-refractivity contribution < 1.29 is 13.3 Å². The fourth-order valence-electron chi connectivity index (χ4n) is 4.99. The minimum absolute atomic E-state index is 0.685. The summed E-state index contributed by atoms with van der Waals surface area (Å²) in [5.74, 6) is 1.06. The van der Waals surface area contributed by atoms with Crippen molar-refractivity contribution in [2.24, 2.45) is 0 Å². The van der Waals surface area contributed by atoms with Gasteiger partial charge in [0.25, 0.3) is 0 Å². The van der Waals surface area contributed by atoms with Gasteiger partial charge in [-0.05, 0) is 39.4 Å². The lowest BCUT2D eigenvalue weighted by molar-refractivity contribution is 0.0706. The Morgan fingerprint density at radius 1 is 0.371 bits per heavy atom. The van der Waals surface area contributed by atoms with E-state index in [0.717, 1.165) is 11.8 Å². The van der Waals surface area contributed by atoms with Crippen LogP contribution in [0.1, 0.15) is 162 Å². The van der Waals surface area contributed by atoms with Gasteiger partial charge < -0.3 is 13.3 Å². The van der Waals surface area contributed by atoms with Gasteiger partial charge >= 0.3 is 8.80 Å². The lowest BCUT2D eigenvalue weighted by atomic mass is 10.0. The lowest BCUT2D eigenvalue weighted by Gasteiger charge is -2.28. The fraction of sp³-hybridized carbons (Fsp3) is 1.00. The van der Waals surface area contributed by atoms with E-state index >= 15 is 0 Å². The summed E-state index contributed by atoms with van der Waals surface area (Å²) in [6.45, 7) is 8.17. The molecule has 0 amide bonds. The van der Waals surface area contributed by atoms with Crippen molar-refractivity contribution in [1.29, 1.82) is 0 Å². The molecule has 3 nitrogen and oxygen atoms in total. The molecule has 0 saturated heterocycles. The van der Waals surface area contributed by atoms with Gasteiger partial charge in [-0.15, -0.1) is 0 Å². The van der Waals surface area contributed by atoms with E-state index in [1.165, 1.54) is 141 Å². The highest BCUT2D eigenvalue weighted by molar-refractivity contribution is 7.80. The van der Waals surface area contributed by atoms with E-state index in [4.69, 9.17) is 13.3 Å². The van der Waals surface area contributed by atoms with Crippen LogP contribution in [0, 0.1) is 0 Å². The molecule has 0 aromatic carbocycles. The minimum atomic E-state index is -2.41. The van der Waals surface area contributed by atoms with E-state index < -0.39 is 8.80 Å². The quantitative estimate of drug-likeness (QED) is 0.0566. The second-order valence-electron chi connectivity index (χ2n) is 10.2. The van der Waals surface area contributed by atoms with Crippen LogP contribution in [0.3, 0.4) is 0 Å². The molecule has 0 aliphatic rings. The van der Waals surface area contributed by atoms with Crippen molar-refractivity contribution in [2.75, 3.05) is 25.6 Å². The van der Waals surface area contributed by atoms with Gasteiger partial charge in [-0.2, -0.15) is 12.6 Å². The van der Waals surface area contributed by atoms with E-state index in [-0.39, 0.29) is 0 Å². The average molecular weight is 533 g/mol. The Morgan fingerprint density at radius 2 is 0.600 bits per heavy atom. The van der Waals surface area contributed by atoms with Crippen LogP contribution in [0.5, 0.6) is 0 Å². The van der Waals surface area contributed by atoms with Gasteiger partial charge in [0, 0.05) is 25.9 Å². The normalized spacial score (nSPS) is 12.0. The third kappa shape index (κ3) is 24.5. The Hall–Kier alpha value is 0.447. The van der Waals surface area contributed by atoms with Gasteiger partial charge in [0.05, 0.1) is 0 Å². The van der Waals surface area contributed by atoms with Gasteiger partial charge in [-0.25, -0.2) is 0 Å². The van der Waals surface area contributed by atoms with Crippen molar-refractivity contribution in [3.05, 3.63) is 0 Å². The zero-order valence-corrected chi connectivity index (χ0v) is 26.2. The van der Waals surface area contributed by atoms with Crippen molar-refractivity contribution in [3.8, 4) is 0 Å². The topological polar surface area (TPSA) is 27.7 Å². The monoisotopic (exact) mass is 532 g/mol. The van der Waals surface area contributed by atoms with Crippen molar-refractivity contribution in [3.63, 3.8) is 0 Å². The molecule has 0 atom stereocenters. The zero-order chi connectivity index (χ0) is 25.7. The highest BCUT2D eigenvalue weighted by Gasteiger charge is 2.39.